The van der Waals surface area contributed by atoms with Crippen molar-refractivity contribution in [2.24, 2.45) is 5.92 Å². The minimum Gasteiger partial charge on any atom is -0.465 e. The predicted octanol–water partition coefficient (Wildman–Crippen LogP) is 3.19. The van der Waals surface area contributed by atoms with Crippen LogP contribution in [0.25, 0.3) is 0 Å². The number of rotatable bonds is 6. The largest absolute Gasteiger partial charge is 0.465 e. The van der Waals surface area contributed by atoms with Gasteiger partial charge in [-0.2, -0.15) is 0 Å². The molecule has 0 aliphatic heterocycles. The second kappa shape index (κ2) is 6.37. The summed E-state index contributed by atoms with van der Waals surface area (Å²) >= 11 is 1.68. The zero-order valence-corrected chi connectivity index (χ0v) is 12.7. The van der Waals surface area contributed by atoms with Crippen molar-refractivity contribution in [3.8, 4) is 0 Å². The van der Waals surface area contributed by atoms with Gasteiger partial charge in [0.25, 0.3) is 0 Å². The summed E-state index contributed by atoms with van der Waals surface area (Å²) in [6, 6.07) is 0. The maximum absolute atomic E-state index is 11.9. The van der Waals surface area contributed by atoms with Crippen LogP contribution in [0.3, 0.4) is 0 Å². The van der Waals surface area contributed by atoms with Gasteiger partial charge in [-0.3, -0.25) is 4.79 Å². The van der Waals surface area contributed by atoms with Crippen LogP contribution in [0.4, 0.5) is 5.13 Å². The van der Waals surface area contributed by atoms with Gasteiger partial charge in [0.1, 0.15) is 5.92 Å². The number of hydrogen-bond donors (Lipinski definition) is 1. The Hall–Kier alpha value is -1.10. The Balaban J connectivity index is 2.01. The van der Waals surface area contributed by atoms with Crippen LogP contribution in [-0.2, 0) is 16.0 Å². The average molecular weight is 282 g/mol. The lowest BCUT2D eigenvalue weighted by Gasteiger charge is -2.09. The maximum atomic E-state index is 11.9. The SMILES string of the molecule is CCOC(=O)C1CCc2sc(NCC(C)CC)nc21. The summed E-state index contributed by atoms with van der Waals surface area (Å²) in [5.41, 5.74) is 0.940. The molecular weight excluding hydrogens is 260 g/mol. The number of carbonyl (C=O) groups is 1. The molecule has 1 heterocycles. The molecule has 106 valence electrons. The lowest BCUT2D eigenvalue weighted by Crippen LogP contribution is -2.14. The molecule has 4 nitrogen and oxygen atoms in total. The third-order valence-electron chi connectivity index (χ3n) is 3.59. The predicted molar refractivity (Wildman–Crippen MR) is 77.8 cm³/mol. The molecule has 5 heteroatoms. The second-order valence-corrected chi connectivity index (χ2v) is 6.15. The van der Waals surface area contributed by atoms with Crippen molar-refractivity contribution in [3.05, 3.63) is 10.6 Å². The van der Waals surface area contributed by atoms with Gasteiger partial charge in [0.05, 0.1) is 12.3 Å². The number of aryl methyl sites for hydroxylation is 1. The Morgan fingerprint density at radius 2 is 2.37 bits per heavy atom. The lowest BCUT2D eigenvalue weighted by molar-refractivity contribution is -0.145. The number of nitrogens with one attached hydrogen (secondary N) is 1. The Morgan fingerprint density at radius 1 is 1.58 bits per heavy atom. The average Bonchev–Trinajstić information content (AvgIpc) is 2.95. The highest BCUT2D eigenvalue weighted by atomic mass is 32.1. The van der Waals surface area contributed by atoms with Crippen molar-refractivity contribution < 1.29 is 9.53 Å². The molecule has 1 aliphatic carbocycles. The van der Waals surface area contributed by atoms with Crippen molar-refractivity contribution in [3.63, 3.8) is 0 Å². The number of fused-ring (bicyclic) bond motifs is 1. The summed E-state index contributed by atoms with van der Waals surface area (Å²) in [7, 11) is 0. The van der Waals surface area contributed by atoms with E-state index in [1.54, 1.807) is 11.3 Å². The first-order chi connectivity index (χ1) is 9.15. The van der Waals surface area contributed by atoms with Gasteiger partial charge in [0.15, 0.2) is 5.13 Å². The molecule has 0 saturated heterocycles. The van der Waals surface area contributed by atoms with E-state index in [-0.39, 0.29) is 11.9 Å². The number of aromatic nitrogens is 1. The molecule has 0 radical (unpaired) electrons. The highest BCUT2D eigenvalue weighted by molar-refractivity contribution is 7.15. The van der Waals surface area contributed by atoms with E-state index in [9.17, 15) is 4.79 Å². The quantitative estimate of drug-likeness (QED) is 0.814. The monoisotopic (exact) mass is 282 g/mol. The van der Waals surface area contributed by atoms with Crippen LogP contribution in [0.2, 0.25) is 0 Å². The van der Waals surface area contributed by atoms with Gasteiger partial charge in [-0.25, -0.2) is 4.98 Å². The summed E-state index contributed by atoms with van der Waals surface area (Å²) in [4.78, 5) is 17.7. The van der Waals surface area contributed by atoms with Crippen molar-refractivity contribution >= 4 is 22.4 Å². The molecule has 0 spiro atoms. The summed E-state index contributed by atoms with van der Waals surface area (Å²) < 4.78 is 5.11. The van der Waals surface area contributed by atoms with Crippen LogP contribution in [-0.4, -0.2) is 24.1 Å². The van der Waals surface area contributed by atoms with Gasteiger partial charge in [0, 0.05) is 11.4 Å². The fourth-order valence-electron chi connectivity index (χ4n) is 2.18. The van der Waals surface area contributed by atoms with E-state index >= 15 is 0 Å². The molecule has 0 saturated carbocycles. The zero-order valence-electron chi connectivity index (χ0n) is 11.9. The lowest BCUT2D eigenvalue weighted by atomic mass is 10.1. The minimum absolute atomic E-state index is 0.125. The normalized spacial score (nSPS) is 19.0. The highest BCUT2D eigenvalue weighted by Gasteiger charge is 2.33. The fraction of sp³-hybridized carbons (Fsp3) is 0.714. The molecule has 0 amide bonds. The number of nitrogens with zero attached hydrogens (tertiary/aromatic N) is 1. The summed E-state index contributed by atoms with van der Waals surface area (Å²) in [6.07, 6.45) is 2.95. The van der Waals surface area contributed by atoms with Gasteiger partial charge in [-0.1, -0.05) is 20.3 Å². The fourth-order valence-corrected chi connectivity index (χ4v) is 3.23. The molecule has 2 atom stereocenters. The van der Waals surface area contributed by atoms with Gasteiger partial charge < -0.3 is 10.1 Å². The molecule has 0 aromatic carbocycles. The Labute approximate surface area is 118 Å². The number of thiazole rings is 1. The molecule has 1 aliphatic rings. The van der Waals surface area contributed by atoms with E-state index in [4.69, 9.17) is 4.74 Å². The zero-order chi connectivity index (χ0) is 13.8. The van der Waals surface area contributed by atoms with Crippen LogP contribution in [0.15, 0.2) is 0 Å². The van der Waals surface area contributed by atoms with Crippen molar-refractivity contribution in [1.82, 2.24) is 4.98 Å². The van der Waals surface area contributed by atoms with Crippen LogP contribution in [0.5, 0.6) is 0 Å². The van der Waals surface area contributed by atoms with Gasteiger partial charge in [0.2, 0.25) is 0 Å². The molecule has 1 N–H and O–H groups in total. The van der Waals surface area contributed by atoms with Gasteiger partial charge in [-0.05, 0) is 25.7 Å². The van der Waals surface area contributed by atoms with Crippen LogP contribution >= 0.6 is 11.3 Å². The molecule has 0 fully saturated rings. The first kappa shape index (κ1) is 14.3. The third kappa shape index (κ3) is 3.26. The highest BCUT2D eigenvalue weighted by Crippen LogP contribution is 2.38. The van der Waals surface area contributed by atoms with E-state index in [1.165, 1.54) is 4.88 Å². The molecule has 1 aromatic rings. The van der Waals surface area contributed by atoms with E-state index in [0.717, 1.165) is 36.6 Å². The summed E-state index contributed by atoms with van der Waals surface area (Å²) in [5, 5.41) is 4.32. The van der Waals surface area contributed by atoms with E-state index in [0.29, 0.717) is 12.5 Å². The first-order valence-electron chi connectivity index (χ1n) is 7.05. The smallest absolute Gasteiger partial charge is 0.315 e. The van der Waals surface area contributed by atoms with E-state index in [2.05, 4.69) is 24.1 Å². The number of carbonyl (C=O) groups excluding carboxylic acids is 1. The number of hydrogen-bond acceptors (Lipinski definition) is 5. The van der Waals surface area contributed by atoms with Crippen LogP contribution in [0.1, 0.15) is 50.1 Å². The molecule has 19 heavy (non-hydrogen) atoms. The minimum atomic E-state index is -0.148. The first-order valence-corrected chi connectivity index (χ1v) is 7.87. The molecular formula is C14H22N2O2S. The van der Waals surface area contributed by atoms with E-state index < -0.39 is 0 Å². The number of esters is 1. The van der Waals surface area contributed by atoms with E-state index in [1.807, 2.05) is 6.92 Å². The molecule has 2 rings (SSSR count). The number of anilines is 1. The second-order valence-electron chi connectivity index (χ2n) is 5.07. The Kier molecular flexibility index (Phi) is 4.80. The topological polar surface area (TPSA) is 51.2 Å². The summed E-state index contributed by atoms with van der Waals surface area (Å²) in [5.74, 6) is 0.366. The van der Waals surface area contributed by atoms with Gasteiger partial charge >= 0.3 is 5.97 Å². The molecule has 0 bridgehead atoms. The number of ether oxygens (including phenoxy) is 1. The van der Waals surface area contributed by atoms with Crippen molar-refractivity contribution in [2.45, 2.75) is 46.0 Å². The summed E-state index contributed by atoms with van der Waals surface area (Å²) in [6.45, 7) is 7.62. The Morgan fingerprint density at radius 3 is 3.05 bits per heavy atom. The molecule has 2 unspecified atom stereocenters. The van der Waals surface area contributed by atoms with Crippen molar-refractivity contribution in [2.75, 3.05) is 18.5 Å². The standard InChI is InChI=1S/C14H22N2O2S/c1-4-9(3)8-15-14-16-12-10(13(17)18-5-2)6-7-11(12)19-14/h9-10H,4-8H2,1-3H3,(H,15,16). The maximum Gasteiger partial charge on any atom is 0.315 e. The van der Waals surface area contributed by atoms with Crippen LogP contribution < -0.4 is 5.32 Å². The van der Waals surface area contributed by atoms with Crippen molar-refractivity contribution in [1.29, 1.82) is 0 Å². The molecule has 1 aromatic heterocycles. The van der Waals surface area contributed by atoms with Crippen LogP contribution in [0, 0.1) is 5.92 Å². The Bertz CT molecular complexity index is 445. The van der Waals surface area contributed by atoms with Gasteiger partial charge in [-0.15, -0.1) is 11.3 Å². The third-order valence-corrected chi connectivity index (χ3v) is 4.68.